The zero-order chi connectivity index (χ0) is 13.2. The molecule has 1 fully saturated rings. The van der Waals surface area contributed by atoms with E-state index < -0.39 is 0 Å². The van der Waals surface area contributed by atoms with Gasteiger partial charge in [-0.1, -0.05) is 26.0 Å². The van der Waals surface area contributed by atoms with Gasteiger partial charge in [0.1, 0.15) is 0 Å². The Hall–Kier alpha value is -1.02. The van der Waals surface area contributed by atoms with E-state index in [0.717, 1.165) is 19.6 Å². The van der Waals surface area contributed by atoms with E-state index in [0.29, 0.717) is 5.92 Å². The number of benzene rings is 1. The van der Waals surface area contributed by atoms with Crippen molar-refractivity contribution in [2.24, 2.45) is 0 Å². The lowest BCUT2D eigenvalue weighted by Gasteiger charge is -2.31. The highest BCUT2D eigenvalue weighted by Gasteiger charge is 2.24. The van der Waals surface area contributed by atoms with Crippen molar-refractivity contribution in [2.45, 2.75) is 45.6 Å². The van der Waals surface area contributed by atoms with Crippen LogP contribution in [0, 0.1) is 0 Å². The van der Waals surface area contributed by atoms with Crippen LogP contribution in [0.5, 0.6) is 0 Å². The monoisotopic (exact) mass is 246 g/mol. The van der Waals surface area contributed by atoms with E-state index in [1.807, 2.05) is 0 Å². The van der Waals surface area contributed by atoms with Crippen LogP contribution in [0.25, 0.3) is 0 Å². The molecule has 18 heavy (non-hydrogen) atoms. The molecule has 0 amide bonds. The van der Waals surface area contributed by atoms with Gasteiger partial charge in [-0.05, 0) is 50.4 Å². The number of nitrogens with one attached hydrogen (secondary N) is 1. The van der Waals surface area contributed by atoms with Crippen LogP contribution in [-0.4, -0.2) is 25.2 Å². The summed E-state index contributed by atoms with van der Waals surface area (Å²) in [6, 6.07) is 9.02. The summed E-state index contributed by atoms with van der Waals surface area (Å²) >= 11 is 0. The molecule has 0 spiro atoms. The highest BCUT2D eigenvalue weighted by atomic mass is 15.2. The molecule has 2 rings (SSSR count). The maximum atomic E-state index is 3.62. The van der Waals surface area contributed by atoms with Crippen molar-refractivity contribution < 1.29 is 0 Å². The van der Waals surface area contributed by atoms with Crippen molar-refractivity contribution in [1.29, 1.82) is 0 Å². The minimum atomic E-state index is 0.199. The number of anilines is 1. The molecule has 0 saturated carbocycles. The average molecular weight is 246 g/mol. The van der Waals surface area contributed by atoms with Gasteiger partial charge >= 0.3 is 0 Å². The van der Waals surface area contributed by atoms with Gasteiger partial charge in [-0.2, -0.15) is 0 Å². The van der Waals surface area contributed by atoms with E-state index >= 15 is 0 Å². The predicted octanol–water partition coefficient (Wildman–Crippen LogP) is 3.39. The standard InChI is InChI=1S/C16H26N2/c1-13(2)14-7-5-8-15(11-14)18-10-6-9-17-16(3,4)12-18/h5,7-8,11,13,17H,6,9-10,12H2,1-4H3. The van der Waals surface area contributed by atoms with Crippen molar-refractivity contribution >= 4 is 5.69 Å². The third kappa shape index (κ3) is 3.26. The van der Waals surface area contributed by atoms with Crippen molar-refractivity contribution in [1.82, 2.24) is 5.32 Å². The van der Waals surface area contributed by atoms with Crippen LogP contribution < -0.4 is 10.2 Å². The Morgan fingerprint density at radius 3 is 2.78 bits per heavy atom. The third-order valence-electron chi connectivity index (χ3n) is 3.70. The molecular weight excluding hydrogens is 220 g/mol. The zero-order valence-electron chi connectivity index (χ0n) is 12.2. The van der Waals surface area contributed by atoms with Crippen LogP contribution in [0.2, 0.25) is 0 Å². The van der Waals surface area contributed by atoms with E-state index in [-0.39, 0.29) is 5.54 Å². The van der Waals surface area contributed by atoms with Gasteiger partial charge in [-0.15, -0.1) is 0 Å². The third-order valence-corrected chi connectivity index (χ3v) is 3.70. The topological polar surface area (TPSA) is 15.3 Å². The smallest absolute Gasteiger partial charge is 0.0369 e. The second-order valence-corrected chi connectivity index (χ2v) is 6.34. The molecule has 0 aliphatic carbocycles. The Labute approximate surface area is 111 Å². The summed E-state index contributed by atoms with van der Waals surface area (Å²) in [6.07, 6.45) is 1.22. The normalized spacial score (nSPS) is 19.9. The number of rotatable bonds is 2. The number of nitrogens with zero attached hydrogens (tertiary/aromatic N) is 1. The molecule has 0 bridgehead atoms. The molecule has 1 aliphatic rings. The zero-order valence-corrected chi connectivity index (χ0v) is 12.2. The lowest BCUT2D eigenvalue weighted by molar-refractivity contribution is 0.416. The fraction of sp³-hybridized carbons (Fsp3) is 0.625. The predicted molar refractivity (Wildman–Crippen MR) is 79.4 cm³/mol. The SMILES string of the molecule is CC(C)c1cccc(N2CCCNC(C)(C)C2)c1. The van der Waals surface area contributed by atoms with E-state index in [4.69, 9.17) is 0 Å². The van der Waals surface area contributed by atoms with Crippen LogP contribution in [0.4, 0.5) is 5.69 Å². The van der Waals surface area contributed by atoms with Crippen LogP contribution in [0.15, 0.2) is 24.3 Å². The van der Waals surface area contributed by atoms with E-state index in [9.17, 15) is 0 Å². The van der Waals surface area contributed by atoms with Crippen LogP contribution in [-0.2, 0) is 0 Å². The van der Waals surface area contributed by atoms with E-state index in [1.165, 1.54) is 17.7 Å². The van der Waals surface area contributed by atoms with Crippen molar-refractivity contribution in [2.75, 3.05) is 24.5 Å². The first-order valence-corrected chi connectivity index (χ1v) is 7.08. The molecule has 1 N–H and O–H groups in total. The summed E-state index contributed by atoms with van der Waals surface area (Å²) in [5, 5.41) is 3.62. The minimum absolute atomic E-state index is 0.199. The molecule has 1 aliphatic heterocycles. The Bertz CT molecular complexity index is 396. The Morgan fingerprint density at radius 1 is 1.28 bits per heavy atom. The number of hydrogen-bond acceptors (Lipinski definition) is 2. The van der Waals surface area contributed by atoms with Crippen molar-refractivity contribution in [3.05, 3.63) is 29.8 Å². The Balaban J connectivity index is 2.21. The highest BCUT2D eigenvalue weighted by Crippen LogP contribution is 2.24. The fourth-order valence-corrected chi connectivity index (χ4v) is 2.61. The number of hydrogen-bond donors (Lipinski definition) is 1. The first-order valence-electron chi connectivity index (χ1n) is 7.08. The maximum Gasteiger partial charge on any atom is 0.0369 e. The Kier molecular flexibility index (Phi) is 3.96. The minimum Gasteiger partial charge on any atom is -0.370 e. The largest absolute Gasteiger partial charge is 0.370 e. The summed E-state index contributed by atoms with van der Waals surface area (Å²) in [5.74, 6) is 0.600. The molecule has 0 radical (unpaired) electrons. The molecule has 0 atom stereocenters. The molecule has 100 valence electrons. The summed E-state index contributed by atoms with van der Waals surface area (Å²) in [5.41, 5.74) is 3.00. The van der Waals surface area contributed by atoms with E-state index in [2.05, 4.69) is 62.2 Å². The van der Waals surface area contributed by atoms with Gasteiger partial charge in [0.05, 0.1) is 0 Å². The second-order valence-electron chi connectivity index (χ2n) is 6.34. The second kappa shape index (κ2) is 5.31. The molecule has 2 nitrogen and oxygen atoms in total. The van der Waals surface area contributed by atoms with Gasteiger partial charge in [0.25, 0.3) is 0 Å². The summed E-state index contributed by atoms with van der Waals surface area (Å²) in [4.78, 5) is 2.52. The lowest BCUT2D eigenvalue weighted by atomic mass is 10.0. The van der Waals surface area contributed by atoms with Crippen molar-refractivity contribution in [3.63, 3.8) is 0 Å². The first-order chi connectivity index (χ1) is 8.48. The van der Waals surface area contributed by atoms with Gasteiger partial charge in [0.2, 0.25) is 0 Å². The van der Waals surface area contributed by atoms with Gasteiger partial charge in [-0.25, -0.2) is 0 Å². The molecule has 1 saturated heterocycles. The molecule has 1 heterocycles. The van der Waals surface area contributed by atoms with Crippen LogP contribution in [0.1, 0.15) is 45.6 Å². The van der Waals surface area contributed by atoms with Crippen LogP contribution >= 0.6 is 0 Å². The fourth-order valence-electron chi connectivity index (χ4n) is 2.61. The molecular formula is C16H26N2. The van der Waals surface area contributed by atoms with Gasteiger partial charge < -0.3 is 10.2 Å². The maximum absolute atomic E-state index is 3.62. The molecule has 1 aromatic carbocycles. The van der Waals surface area contributed by atoms with Gasteiger partial charge in [-0.3, -0.25) is 0 Å². The summed E-state index contributed by atoms with van der Waals surface area (Å²) < 4.78 is 0. The highest BCUT2D eigenvalue weighted by molar-refractivity contribution is 5.49. The quantitative estimate of drug-likeness (QED) is 0.860. The molecule has 2 heteroatoms. The molecule has 0 unspecified atom stereocenters. The lowest BCUT2D eigenvalue weighted by Crippen LogP contribution is -2.46. The summed E-state index contributed by atoms with van der Waals surface area (Å²) in [6.45, 7) is 12.4. The van der Waals surface area contributed by atoms with Crippen LogP contribution in [0.3, 0.4) is 0 Å². The molecule has 1 aromatic rings. The summed E-state index contributed by atoms with van der Waals surface area (Å²) in [7, 11) is 0. The Morgan fingerprint density at radius 2 is 2.06 bits per heavy atom. The van der Waals surface area contributed by atoms with Gasteiger partial charge in [0.15, 0.2) is 0 Å². The van der Waals surface area contributed by atoms with E-state index in [1.54, 1.807) is 0 Å². The van der Waals surface area contributed by atoms with Gasteiger partial charge in [0, 0.05) is 24.3 Å². The molecule has 0 aromatic heterocycles. The van der Waals surface area contributed by atoms with Crippen molar-refractivity contribution in [3.8, 4) is 0 Å². The first kappa shape index (κ1) is 13.4. The average Bonchev–Trinajstić information content (AvgIpc) is 2.50.